The zero-order valence-corrected chi connectivity index (χ0v) is 17.5. The van der Waals surface area contributed by atoms with Crippen LogP contribution < -0.4 is 9.47 Å². The van der Waals surface area contributed by atoms with Crippen LogP contribution in [-0.2, 0) is 13.1 Å². The number of fused-ring (bicyclic) bond motifs is 1. The van der Waals surface area contributed by atoms with Gasteiger partial charge in [-0.1, -0.05) is 24.6 Å². The summed E-state index contributed by atoms with van der Waals surface area (Å²) < 4.78 is 13.7. The van der Waals surface area contributed by atoms with E-state index in [0.717, 1.165) is 44.0 Å². The Bertz CT molecular complexity index is 898. The Morgan fingerprint density at radius 3 is 2.52 bits per heavy atom. The van der Waals surface area contributed by atoms with Crippen LogP contribution in [0.25, 0.3) is 10.9 Å². The van der Waals surface area contributed by atoms with Crippen molar-refractivity contribution in [3.63, 3.8) is 0 Å². The van der Waals surface area contributed by atoms with Gasteiger partial charge in [0.05, 0.1) is 19.2 Å². The van der Waals surface area contributed by atoms with Gasteiger partial charge in [-0.15, -0.1) is 0 Å². The highest BCUT2D eigenvalue weighted by Gasteiger charge is 2.15. The summed E-state index contributed by atoms with van der Waals surface area (Å²) in [7, 11) is 1.74. The molecule has 0 amide bonds. The number of aromatic nitrogens is 1. The lowest BCUT2D eigenvalue weighted by Crippen LogP contribution is -2.28. The molecule has 1 aromatic heterocycles. The average molecular weight is 393 g/mol. The third-order valence-corrected chi connectivity index (χ3v) is 5.82. The minimum Gasteiger partial charge on any atom is -0.497 e. The lowest BCUT2D eigenvalue weighted by atomic mass is 10.1. The van der Waals surface area contributed by atoms with Crippen LogP contribution >= 0.6 is 0 Å². The van der Waals surface area contributed by atoms with Crippen molar-refractivity contribution in [3.05, 3.63) is 60.3 Å². The quantitative estimate of drug-likeness (QED) is 0.450. The summed E-state index contributed by atoms with van der Waals surface area (Å²) in [6.45, 7) is 5.25. The Kier molecular flexibility index (Phi) is 6.73. The molecule has 1 saturated heterocycles. The number of ether oxygens (including phenoxy) is 2. The van der Waals surface area contributed by atoms with Crippen molar-refractivity contribution in [2.75, 3.05) is 26.8 Å². The minimum atomic E-state index is 0.757. The first-order chi connectivity index (χ1) is 14.3. The largest absolute Gasteiger partial charge is 0.497 e. The summed E-state index contributed by atoms with van der Waals surface area (Å²) in [5, 5.41) is 1.36. The van der Waals surface area contributed by atoms with E-state index >= 15 is 0 Å². The Morgan fingerprint density at radius 2 is 1.72 bits per heavy atom. The molecule has 29 heavy (non-hydrogen) atoms. The van der Waals surface area contributed by atoms with E-state index in [1.165, 1.54) is 48.8 Å². The number of likely N-dealkylation sites (tertiary alicyclic amines) is 1. The fraction of sp³-hybridized carbons (Fsp3) is 0.440. The summed E-state index contributed by atoms with van der Waals surface area (Å²) in [6, 6.07) is 16.5. The lowest BCUT2D eigenvalue weighted by Gasteiger charge is -2.26. The van der Waals surface area contributed by atoms with Gasteiger partial charge < -0.3 is 14.0 Å². The first-order valence-corrected chi connectivity index (χ1v) is 10.9. The van der Waals surface area contributed by atoms with Crippen molar-refractivity contribution in [1.29, 1.82) is 0 Å². The number of piperidine rings is 1. The molecule has 0 unspecified atom stereocenters. The molecule has 0 bridgehead atoms. The van der Waals surface area contributed by atoms with Gasteiger partial charge in [0.15, 0.2) is 0 Å². The van der Waals surface area contributed by atoms with Crippen LogP contribution in [0.15, 0.2) is 54.7 Å². The van der Waals surface area contributed by atoms with Gasteiger partial charge in [0.2, 0.25) is 0 Å². The Labute approximate surface area is 174 Å². The number of para-hydroxylation sites is 1. The number of unbranched alkanes of at least 4 members (excludes halogenated alkanes) is 1. The molecule has 0 atom stereocenters. The van der Waals surface area contributed by atoms with Gasteiger partial charge in [-0.2, -0.15) is 0 Å². The summed E-state index contributed by atoms with van der Waals surface area (Å²) in [5.74, 6) is 1.88. The maximum Gasteiger partial charge on any atom is 0.120 e. The molecule has 1 aliphatic rings. The zero-order valence-electron chi connectivity index (χ0n) is 17.5. The first-order valence-electron chi connectivity index (χ1n) is 10.9. The summed E-state index contributed by atoms with van der Waals surface area (Å²) >= 11 is 0. The fourth-order valence-electron chi connectivity index (χ4n) is 4.24. The molecule has 154 valence electrons. The second-order valence-electron chi connectivity index (χ2n) is 7.94. The lowest BCUT2D eigenvalue weighted by molar-refractivity contribution is 0.221. The predicted molar refractivity (Wildman–Crippen MR) is 119 cm³/mol. The average Bonchev–Trinajstić information content (AvgIpc) is 3.11. The molecule has 0 radical (unpaired) electrons. The molecule has 3 aromatic rings. The van der Waals surface area contributed by atoms with Crippen molar-refractivity contribution in [2.45, 2.75) is 45.2 Å². The van der Waals surface area contributed by atoms with Gasteiger partial charge in [-0.25, -0.2) is 0 Å². The van der Waals surface area contributed by atoms with E-state index in [-0.39, 0.29) is 0 Å². The molecule has 1 fully saturated rings. The van der Waals surface area contributed by atoms with Crippen LogP contribution in [0.5, 0.6) is 11.5 Å². The van der Waals surface area contributed by atoms with E-state index < -0.39 is 0 Å². The van der Waals surface area contributed by atoms with Gasteiger partial charge in [0, 0.05) is 30.7 Å². The van der Waals surface area contributed by atoms with Gasteiger partial charge in [0.25, 0.3) is 0 Å². The predicted octanol–water partition coefficient (Wildman–Crippen LogP) is 5.50. The van der Waals surface area contributed by atoms with Crippen molar-refractivity contribution < 1.29 is 9.47 Å². The molecule has 4 heteroatoms. The van der Waals surface area contributed by atoms with E-state index in [4.69, 9.17) is 9.47 Å². The Hall–Kier alpha value is -2.46. The smallest absolute Gasteiger partial charge is 0.120 e. The van der Waals surface area contributed by atoms with E-state index in [9.17, 15) is 0 Å². The van der Waals surface area contributed by atoms with Crippen molar-refractivity contribution in [3.8, 4) is 11.5 Å². The van der Waals surface area contributed by atoms with E-state index in [0.29, 0.717) is 0 Å². The SMILES string of the molecule is COc1ccc2c(CN3CCCCC3)cn(CCCCOc3ccccc3)c2c1. The molecular weight excluding hydrogens is 360 g/mol. The van der Waals surface area contributed by atoms with Crippen molar-refractivity contribution in [1.82, 2.24) is 9.47 Å². The van der Waals surface area contributed by atoms with Gasteiger partial charge >= 0.3 is 0 Å². The number of methoxy groups -OCH3 is 1. The number of benzene rings is 2. The molecule has 2 aromatic carbocycles. The molecule has 2 heterocycles. The monoisotopic (exact) mass is 392 g/mol. The second kappa shape index (κ2) is 9.84. The van der Waals surface area contributed by atoms with E-state index in [1.54, 1.807) is 7.11 Å². The molecule has 1 aliphatic heterocycles. The summed E-state index contributed by atoms with van der Waals surface area (Å²) in [5.41, 5.74) is 2.71. The van der Waals surface area contributed by atoms with Crippen molar-refractivity contribution in [2.24, 2.45) is 0 Å². The maximum absolute atomic E-state index is 5.84. The van der Waals surface area contributed by atoms with E-state index in [1.807, 2.05) is 30.3 Å². The molecule has 0 saturated carbocycles. The van der Waals surface area contributed by atoms with Crippen LogP contribution in [0.2, 0.25) is 0 Å². The van der Waals surface area contributed by atoms with Gasteiger partial charge in [-0.3, -0.25) is 4.90 Å². The van der Waals surface area contributed by atoms with Gasteiger partial charge in [-0.05, 0) is 68.6 Å². The van der Waals surface area contributed by atoms with Crippen LogP contribution in [0, 0.1) is 0 Å². The normalized spacial score (nSPS) is 14.9. The maximum atomic E-state index is 5.84. The molecular formula is C25H32N2O2. The number of hydrogen-bond acceptors (Lipinski definition) is 3. The number of hydrogen-bond donors (Lipinski definition) is 0. The van der Waals surface area contributed by atoms with Gasteiger partial charge in [0.1, 0.15) is 11.5 Å². The second-order valence-corrected chi connectivity index (χ2v) is 7.94. The summed E-state index contributed by atoms with van der Waals surface area (Å²) in [4.78, 5) is 2.60. The Balaban J connectivity index is 1.41. The van der Waals surface area contributed by atoms with E-state index in [2.05, 4.69) is 33.9 Å². The minimum absolute atomic E-state index is 0.757. The molecule has 0 spiro atoms. The standard InChI is InChI=1S/C25H32N2O2/c1-28-23-12-13-24-21(19-26-14-6-3-7-15-26)20-27(25(24)18-23)16-8-9-17-29-22-10-4-2-5-11-22/h2,4-5,10-13,18,20H,3,6-9,14-17,19H2,1H3. The Morgan fingerprint density at radius 1 is 0.897 bits per heavy atom. The highest BCUT2D eigenvalue weighted by Crippen LogP contribution is 2.28. The first kappa shape index (κ1) is 19.8. The molecule has 4 rings (SSSR count). The van der Waals surface area contributed by atoms with Crippen LogP contribution in [0.1, 0.15) is 37.7 Å². The van der Waals surface area contributed by atoms with Crippen molar-refractivity contribution >= 4 is 10.9 Å². The van der Waals surface area contributed by atoms with Crippen LogP contribution in [-0.4, -0.2) is 36.3 Å². The highest BCUT2D eigenvalue weighted by molar-refractivity contribution is 5.85. The molecule has 0 N–H and O–H groups in total. The number of rotatable bonds is 9. The third-order valence-electron chi connectivity index (χ3n) is 5.82. The summed E-state index contributed by atoms with van der Waals surface area (Å²) in [6.07, 6.45) is 8.52. The molecule has 4 nitrogen and oxygen atoms in total. The fourth-order valence-corrected chi connectivity index (χ4v) is 4.24. The highest BCUT2D eigenvalue weighted by atomic mass is 16.5. The zero-order chi connectivity index (χ0) is 19.9. The number of nitrogens with zero attached hydrogens (tertiary/aromatic N) is 2. The number of aryl methyl sites for hydroxylation is 1. The van der Waals surface area contributed by atoms with Crippen LogP contribution in [0.3, 0.4) is 0 Å². The van der Waals surface area contributed by atoms with Crippen LogP contribution in [0.4, 0.5) is 0 Å². The topological polar surface area (TPSA) is 26.6 Å². The molecule has 0 aliphatic carbocycles. The third kappa shape index (κ3) is 5.13.